The SMILES string of the molecule is CC(C)(C(=O)N1C[C@H]2CNC[C@H]2C1)c1cccc(Br)c1. The number of rotatable bonds is 2. The van der Waals surface area contributed by atoms with Crippen LogP contribution in [0.5, 0.6) is 0 Å². The number of benzene rings is 1. The number of nitrogens with zero attached hydrogens (tertiary/aromatic N) is 1. The van der Waals surface area contributed by atoms with Crippen LogP contribution < -0.4 is 5.32 Å². The van der Waals surface area contributed by atoms with Crippen molar-refractivity contribution in [3.8, 4) is 0 Å². The minimum absolute atomic E-state index is 0.255. The lowest BCUT2D eigenvalue weighted by molar-refractivity contribution is -0.135. The third-order valence-corrected chi connectivity index (χ3v) is 5.25. The molecule has 4 heteroatoms. The van der Waals surface area contributed by atoms with Crippen LogP contribution in [0.1, 0.15) is 19.4 Å². The van der Waals surface area contributed by atoms with Gasteiger partial charge in [-0.15, -0.1) is 0 Å². The summed E-state index contributed by atoms with van der Waals surface area (Å²) in [6.45, 7) is 8.01. The van der Waals surface area contributed by atoms with E-state index in [2.05, 4.69) is 32.2 Å². The fraction of sp³-hybridized carbons (Fsp3) is 0.562. The molecule has 2 heterocycles. The summed E-state index contributed by atoms with van der Waals surface area (Å²) in [5.74, 6) is 1.56. The smallest absolute Gasteiger partial charge is 0.232 e. The van der Waals surface area contributed by atoms with E-state index < -0.39 is 5.41 Å². The van der Waals surface area contributed by atoms with Crippen molar-refractivity contribution in [1.82, 2.24) is 10.2 Å². The highest BCUT2D eigenvalue weighted by molar-refractivity contribution is 9.10. The molecule has 3 rings (SSSR count). The van der Waals surface area contributed by atoms with Crippen LogP contribution in [0.3, 0.4) is 0 Å². The molecule has 2 aliphatic heterocycles. The summed E-state index contributed by atoms with van der Waals surface area (Å²) in [4.78, 5) is 15.0. The number of likely N-dealkylation sites (tertiary alicyclic amines) is 1. The second-order valence-electron chi connectivity index (χ2n) is 6.52. The minimum Gasteiger partial charge on any atom is -0.341 e. The number of amides is 1. The van der Waals surface area contributed by atoms with Crippen LogP contribution in [0.2, 0.25) is 0 Å². The molecule has 2 fully saturated rings. The molecule has 0 spiro atoms. The summed E-state index contributed by atoms with van der Waals surface area (Å²) >= 11 is 3.49. The second kappa shape index (κ2) is 5.15. The van der Waals surface area contributed by atoms with E-state index in [-0.39, 0.29) is 5.91 Å². The Bertz CT molecular complexity index is 517. The highest BCUT2D eigenvalue weighted by Gasteiger charge is 2.42. The lowest BCUT2D eigenvalue weighted by atomic mass is 9.83. The Morgan fingerprint density at radius 3 is 2.55 bits per heavy atom. The lowest BCUT2D eigenvalue weighted by Gasteiger charge is -2.30. The maximum Gasteiger partial charge on any atom is 0.232 e. The standard InChI is InChI=1S/C16H21BrN2O/c1-16(2,13-4-3-5-14(17)6-13)15(20)19-9-11-7-18-8-12(11)10-19/h3-6,11-12,18H,7-10H2,1-2H3/t11-,12+. The number of nitrogens with one attached hydrogen (secondary N) is 1. The van der Waals surface area contributed by atoms with Crippen LogP contribution in [0, 0.1) is 11.8 Å². The Labute approximate surface area is 128 Å². The van der Waals surface area contributed by atoms with Gasteiger partial charge in [0.15, 0.2) is 0 Å². The summed E-state index contributed by atoms with van der Waals surface area (Å²) in [6, 6.07) is 8.09. The van der Waals surface area contributed by atoms with Gasteiger partial charge in [0.2, 0.25) is 5.91 Å². The number of hydrogen-bond acceptors (Lipinski definition) is 2. The summed E-state index contributed by atoms with van der Waals surface area (Å²) in [7, 11) is 0. The van der Waals surface area contributed by atoms with E-state index in [0.717, 1.165) is 36.2 Å². The molecule has 1 aromatic carbocycles. The Balaban J connectivity index is 1.79. The highest BCUT2D eigenvalue weighted by atomic mass is 79.9. The van der Waals surface area contributed by atoms with Crippen molar-refractivity contribution in [1.29, 1.82) is 0 Å². The van der Waals surface area contributed by atoms with Crippen molar-refractivity contribution in [3.05, 3.63) is 34.3 Å². The first-order chi connectivity index (χ1) is 9.48. The minimum atomic E-state index is -0.462. The normalized spacial score (nSPS) is 25.9. The van der Waals surface area contributed by atoms with Gasteiger partial charge < -0.3 is 10.2 Å². The molecule has 108 valence electrons. The van der Waals surface area contributed by atoms with Gasteiger partial charge in [-0.25, -0.2) is 0 Å². The van der Waals surface area contributed by atoms with Gasteiger partial charge in [0.05, 0.1) is 5.41 Å². The van der Waals surface area contributed by atoms with Gasteiger partial charge in [0.25, 0.3) is 0 Å². The fourth-order valence-electron chi connectivity index (χ4n) is 3.42. The zero-order valence-electron chi connectivity index (χ0n) is 12.0. The van der Waals surface area contributed by atoms with E-state index in [4.69, 9.17) is 0 Å². The van der Waals surface area contributed by atoms with Gasteiger partial charge in [-0.3, -0.25) is 4.79 Å². The number of carbonyl (C=O) groups is 1. The first-order valence-corrected chi connectivity index (χ1v) is 8.04. The molecule has 3 nitrogen and oxygen atoms in total. The van der Waals surface area contributed by atoms with E-state index in [1.165, 1.54) is 0 Å². The monoisotopic (exact) mass is 336 g/mol. The predicted octanol–water partition coefficient (Wildman–Crippen LogP) is 2.40. The molecule has 2 aliphatic rings. The van der Waals surface area contributed by atoms with Crippen molar-refractivity contribution in [2.24, 2.45) is 11.8 Å². The van der Waals surface area contributed by atoms with Gasteiger partial charge in [-0.05, 0) is 43.4 Å². The fourth-order valence-corrected chi connectivity index (χ4v) is 3.82. The first kappa shape index (κ1) is 14.1. The summed E-state index contributed by atoms with van der Waals surface area (Å²) < 4.78 is 1.03. The third kappa shape index (κ3) is 2.40. The molecule has 2 atom stereocenters. The van der Waals surface area contributed by atoms with Crippen LogP contribution >= 0.6 is 15.9 Å². The zero-order valence-corrected chi connectivity index (χ0v) is 13.6. The van der Waals surface area contributed by atoms with Gasteiger partial charge in [0.1, 0.15) is 0 Å². The van der Waals surface area contributed by atoms with E-state index >= 15 is 0 Å². The topological polar surface area (TPSA) is 32.3 Å². The van der Waals surface area contributed by atoms with E-state index in [9.17, 15) is 4.79 Å². The molecule has 0 radical (unpaired) electrons. The third-order valence-electron chi connectivity index (χ3n) is 4.76. The Hall–Kier alpha value is -0.870. The molecule has 1 amide bonds. The van der Waals surface area contributed by atoms with E-state index in [1.807, 2.05) is 32.0 Å². The maximum absolute atomic E-state index is 12.9. The molecule has 0 bridgehead atoms. The number of halogens is 1. The van der Waals surface area contributed by atoms with Crippen LogP contribution in [-0.4, -0.2) is 37.0 Å². The molecular weight excluding hydrogens is 316 g/mol. The molecule has 0 unspecified atom stereocenters. The van der Waals surface area contributed by atoms with E-state index in [1.54, 1.807) is 0 Å². The molecule has 1 aromatic rings. The quantitative estimate of drug-likeness (QED) is 0.899. The molecule has 1 N–H and O–H groups in total. The van der Waals surface area contributed by atoms with Crippen LogP contribution in [0.15, 0.2) is 28.7 Å². The number of carbonyl (C=O) groups excluding carboxylic acids is 1. The molecule has 0 aromatic heterocycles. The van der Waals surface area contributed by atoms with E-state index in [0.29, 0.717) is 11.8 Å². The second-order valence-corrected chi connectivity index (χ2v) is 7.44. The van der Waals surface area contributed by atoms with Crippen LogP contribution in [-0.2, 0) is 10.2 Å². The molecular formula is C16H21BrN2O. The Morgan fingerprint density at radius 2 is 1.95 bits per heavy atom. The maximum atomic E-state index is 12.9. The predicted molar refractivity (Wildman–Crippen MR) is 83.6 cm³/mol. The van der Waals surface area contributed by atoms with Crippen molar-refractivity contribution in [2.45, 2.75) is 19.3 Å². The zero-order chi connectivity index (χ0) is 14.3. The Kier molecular flexibility index (Phi) is 3.63. The van der Waals surface area contributed by atoms with Gasteiger partial charge >= 0.3 is 0 Å². The lowest BCUT2D eigenvalue weighted by Crippen LogP contribution is -2.43. The summed E-state index contributed by atoms with van der Waals surface area (Å²) in [6.07, 6.45) is 0. The average Bonchev–Trinajstić information content (AvgIpc) is 2.98. The first-order valence-electron chi connectivity index (χ1n) is 7.24. The van der Waals surface area contributed by atoms with Crippen LogP contribution in [0.25, 0.3) is 0 Å². The number of hydrogen-bond donors (Lipinski definition) is 1. The van der Waals surface area contributed by atoms with Crippen LogP contribution in [0.4, 0.5) is 0 Å². The molecule has 2 saturated heterocycles. The van der Waals surface area contributed by atoms with Crippen molar-refractivity contribution >= 4 is 21.8 Å². The highest BCUT2D eigenvalue weighted by Crippen LogP contribution is 2.33. The largest absolute Gasteiger partial charge is 0.341 e. The Morgan fingerprint density at radius 1 is 1.30 bits per heavy atom. The molecule has 0 saturated carbocycles. The van der Waals surface area contributed by atoms with Crippen molar-refractivity contribution in [3.63, 3.8) is 0 Å². The average molecular weight is 337 g/mol. The number of fused-ring (bicyclic) bond motifs is 1. The van der Waals surface area contributed by atoms with Crippen molar-refractivity contribution in [2.75, 3.05) is 26.2 Å². The van der Waals surface area contributed by atoms with Crippen molar-refractivity contribution < 1.29 is 4.79 Å². The summed E-state index contributed by atoms with van der Waals surface area (Å²) in [5, 5.41) is 3.42. The molecule has 20 heavy (non-hydrogen) atoms. The summed E-state index contributed by atoms with van der Waals surface area (Å²) in [5.41, 5.74) is 0.614. The van der Waals surface area contributed by atoms with Gasteiger partial charge in [-0.2, -0.15) is 0 Å². The molecule has 0 aliphatic carbocycles. The van der Waals surface area contributed by atoms with Gasteiger partial charge in [-0.1, -0.05) is 28.1 Å². The van der Waals surface area contributed by atoms with Gasteiger partial charge in [0, 0.05) is 30.7 Å².